The lowest BCUT2D eigenvalue weighted by molar-refractivity contribution is -0.0436. The van der Waals surface area contributed by atoms with Gasteiger partial charge in [0.15, 0.2) is 0 Å². The van der Waals surface area contributed by atoms with Crippen molar-refractivity contribution in [2.45, 2.75) is 36.8 Å². The molecule has 2 aromatic rings. The van der Waals surface area contributed by atoms with E-state index >= 15 is 0 Å². The maximum absolute atomic E-state index is 12.9. The van der Waals surface area contributed by atoms with E-state index in [9.17, 15) is 21.6 Å². The van der Waals surface area contributed by atoms with Crippen molar-refractivity contribution in [3.8, 4) is 5.75 Å². The van der Waals surface area contributed by atoms with Crippen LogP contribution in [-0.2, 0) is 9.84 Å². The van der Waals surface area contributed by atoms with Gasteiger partial charge in [-0.05, 0) is 56.7 Å². The molecule has 0 aliphatic carbocycles. The second kappa shape index (κ2) is 5.84. The van der Waals surface area contributed by atoms with Crippen molar-refractivity contribution in [3.63, 3.8) is 0 Å². The first-order valence-corrected chi connectivity index (χ1v) is 9.20. The zero-order valence-electron chi connectivity index (χ0n) is 14.3. The normalized spacial score (nSPS) is 16.5. The van der Waals surface area contributed by atoms with Crippen LogP contribution in [0.15, 0.2) is 47.5 Å². The Morgan fingerprint density at radius 3 is 2.38 bits per heavy atom. The van der Waals surface area contributed by atoms with Crippen molar-refractivity contribution in [2.24, 2.45) is 0 Å². The minimum Gasteiger partial charge on any atom is -0.483 e. The van der Waals surface area contributed by atoms with Gasteiger partial charge in [0.25, 0.3) is 9.84 Å². The third-order valence-corrected chi connectivity index (χ3v) is 5.43. The first-order valence-electron chi connectivity index (χ1n) is 7.71. The highest BCUT2D eigenvalue weighted by molar-refractivity contribution is 7.92. The molecule has 0 fully saturated rings. The molecule has 0 unspecified atom stereocenters. The van der Waals surface area contributed by atoms with Crippen LogP contribution in [0.5, 0.6) is 5.75 Å². The minimum absolute atomic E-state index is 0.278. The van der Waals surface area contributed by atoms with Crippen LogP contribution in [0.25, 0.3) is 5.57 Å². The number of rotatable bonds is 2. The van der Waals surface area contributed by atoms with Gasteiger partial charge in [-0.15, -0.1) is 0 Å². The zero-order valence-corrected chi connectivity index (χ0v) is 15.1. The van der Waals surface area contributed by atoms with Crippen LogP contribution >= 0.6 is 0 Å². The molecule has 0 radical (unpaired) electrons. The summed E-state index contributed by atoms with van der Waals surface area (Å²) in [5, 5.41) is 0. The van der Waals surface area contributed by atoms with Gasteiger partial charge in [-0.25, -0.2) is 8.42 Å². The third-order valence-electron chi connectivity index (χ3n) is 3.94. The lowest BCUT2D eigenvalue weighted by Gasteiger charge is -2.31. The molecule has 26 heavy (non-hydrogen) atoms. The van der Waals surface area contributed by atoms with E-state index in [1.54, 1.807) is 38.3 Å². The number of ether oxygens (including phenoxy) is 1. The quantitative estimate of drug-likeness (QED) is 0.777. The minimum atomic E-state index is -5.45. The average Bonchev–Trinajstić information content (AvgIpc) is 2.52. The number of halogens is 3. The van der Waals surface area contributed by atoms with Crippen molar-refractivity contribution in [3.05, 3.63) is 59.4 Å². The van der Waals surface area contributed by atoms with E-state index in [0.29, 0.717) is 16.9 Å². The summed E-state index contributed by atoms with van der Waals surface area (Å²) in [5.74, 6) is 0.314. The Hall–Kier alpha value is -2.35. The van der Waals surface area contributed by atoms with Gasteiger partial charge in [0.05, 0.1) is 4.90 Å². The predicted octanol–water partition coefficient (Wildman–Crippen LogP) is 4.29. The molecule has 1 aromatic carbocycles. The van der Waals surface area contributed by atoms with E-state index in [1.807, 2.05) is 6.92 Å². The molecule has 0 spiro atoms. The Bertz CT molecular complexity index is 991. The van der Waals surface area contributed by atoms with E-state index in [-0.39, 0.29) is 5.56 Å². The van der Waals surface area contributed by atoms with Crippen LogP contribution in [0.1, 0.15) is 30.7 Å². The largest absolute Gasteiger partial charge is 0.501 e. The molecule has 138 valence electrons. The second-order valence-corrected chi connectivity index (χ2v) is 8.50. The van der Waals surface area contributed by atoms with E-state index in [4.69, 9.17) is 4.74 Å². The van der Waals surface area contributed by atoms with Gasteiger partial charge in [-0.1, -0.05) is 6.07 Å². The number of hydrogen-bond acceptors (Lipinski definition) is 4. The monoisotopic (exact) mass is 383 g/mol. The smallest absolute Gasteiger partial charge is 0.483 e. The summed E-state index contributed by atoms with van der Waals surface area (Å²) in [5.41, 5.74) is -3.78. The molecule has 0 N–H and O–H groups in total. The molecule has 3 rings (SSSR count). The number of alkyl halides is 3. The van der Waals surface area contributed by atoms with Crippen molar-refractivity contribution in [1.29, 1.82) is 0 Å². The van der Waals surface area contributed by atoms with E-state index in [1.165, 1.54) is 6.07 Å². The number of sulfone groups is 1. The molecular formula is C18H16F3NO3S. The summed E-state index contributed by atoms with van der Waals surface area (Å²) in [7, 11) is -5.45. The standard InChI is InChI=1S/C18H16F3NO3S/c1-11-4-5-12(10-22-11)15-9-17(2,3)25-16-7-6-13(8-14(15)16)26(23,24)18(19,20)21/h4-10H,1-3H3. The van der Waals surface area contributed by atoms with Crippen LogP contribution in [0.2, 0.25) is 0 Å². The maximum atomic E-state index is 12.9. The van der Waals surface area contributed by atoms with Gasteiger partial charge >= 0.3 is 5.51 Å². The highest BCUT2D eigenvalue weighted by Gasteiger charge is 2.47. The average molecular weight is 383 g/mol. The number of nitrogens with zero attached hydrogens (tertiary/aromatic N) is 1. The Morgan fingerprint density at radius 2 is 1.81 bits per heavy atom. The number of aryl methyl sites for hydroxylation is 1. The molecule has 8 heteroatoms. The molecule has 0 atom stereocenters. The molecule has 0 saturated carbocycles. The second-order valence-electron chi connectivity index (χ2n) is 6.56. The number of aromatic nitrogens is 1. The predicted molar refractivity (Wildman–Crippen MR) is 90.4 cm³/mol. The fraction of sp³-hybridized carbons (Fsp3) is 0.278. The SMILES string of the molecule is Cc1ccc(C2=CC(C)(C)Oc3ccc(S(=O)(=O)C(F)(F)F)cc32)cn1. The third kappa shape index (κ3) is 3.21. The topological polar surface area (TPSA) is 56.3 Å². The van der Waals surface area contributed by atoms with E-state index in [2.05, 4.69) is 4.98 Å². The van der Waals surface area contributed by atoms with Crippen molar-refractivity contribution in [2.75, 3.05) is 0 Å². The summed E-state index contributed by atoms with van der Waals surface area (Å²) in [6, 6.07) is 6.72. The molecule has 0 saturated heterocycles. The van der Waals surface area contributed by atoms with Gasteiger partial charge in [-0.3, -0.25) is 4.98 Å². The summed E-state index contributed by atoms with van der Waals surface area (Å²) in [6.45, 7) is 5.42. The van der Waals surface area contributed by atoms with Gasteiger partial charge in [-0.2, -0.15) is 13.2 Å². The van der Waals surface area contributed by atoms with E-state index in [0.717, 1.165) is 17.8 Å². The fourth-order valence-electron chi connectivity index (χ4n) is 2.71. The Balaban J connectivity index is 2.21. The van der Waals surface area contributed by atoms with Gasteiger partial charge in [0.1, 0.15) is 11.4 Å². The molecule has 0 amide bonds. The number of fused-ring (bicyclic) bond motifs is 1. The molecular weight excluding hydrogens is 367 g/mol. The fourth-order valence-corrected chi connectivity index (χ4v) is 3.50. The summed E-state index contributed by atoms with van der Waals surface area (Å²) in [4.78, 5) is 3.38. The number of pyridine rings is 1. The molecule has 1 aliphatic rings. The van der Waals surface area contributed by atoms with Crippen LogP contribution in [-0.4, -0.2) is 24.5 Å². The summed E-state index contributed by atoms with van der Waals surface area (Å²) in [6.07, 6.45) is 3.34. The van der Waals surface area contributed by atoms with Crippen molar-refractivity contribution in [1.82, 2.24) is 4.98 Å². The Morgan fingerprint density at radius 1 is 1.12 bits per heavy atom. The first kappa shape index (κ1) is 18.4. The maximum Gasteiger partial charge on any atom is 0.501 e. The van der Waals surface area contributed by atoms with Crippen LogP contribution in [0, 0.1) is 6.92 Å². The van der Waals surface area contributed by atoms with Crippen LogP contribution < -0.4 is 4.74 Å². The Labute approximate surface area is 149 Å². The van der Waals surface area contributed by atoms with E-state index < -0.39 is 25.8 Å². The van der Waals surface area contributed by atoms with Crippen LogP contribution in [0.4, 0.5) is 13.2 Å². The lowest BCUT2D eigenvalue weighted by atomic mass is 9.90. The molecule has 1 aromatic heterocycles. The number of benzene rings is 1. The Kier molecular flexibility index (Phi) is 4.14. The molecule has 4 nitrogen and oxygen atoms in total. The van der Waals surface area contributed by atoms with Gasteiger partial charge in [0, 0.05) is 23.0 Å². The molecule has 0 bridgehead atoms. The zero-order chi connectivity index (χ0) is 19.3. The molecule has 2 heterocycles. The van der Waals surface area contributed by atoms with Gasteiger partial charge < -0.3 is 4.74 Å². The van der Waals surface area contributed by atoms with Crippen molar-refractivity contribution >= 4 is 15.4 Å². The van der Waals surface area contributed by atoms with Crippen LogP contribution in [0.3, 0.4) is 0 Å². The lowest BCUT2D eigenvalue weighted by Crippen LogP contribution is -2.29. The number of hydrogen-bond donors (Lipinski definition) is 0. The molecule has 1 aliphatic heterocycles. The first-order chi connectivity index (χ1) is 11.9. The van der Waals surface area contributed by atoms with Gasteiger partial charge in [0.2, 0.25) is 0 Å². The highest BCUT2D eigenvalue weighted by atomic mass is 32.2. The summed E-state index contributed by atoms with van der Waals surface area (Å²) < 4.78 is 68.0. The highest BCUT2D eigenvalue weighted by Crippen LogP contribution is 2.41. The summed E-state index contributed by atoms with van der Waals surface area (Å²) >= 11 is 0. The van der Waals surface area contributed by atoms with Crippen molar-refractivity contribution < 1.29 is 26.3 Å².